The molecule has 4 aromatic rings. The van der Waals surface area contributed by atoms with Crippen molar-refractivity contribution in [2.75, 3.05) is 32.2 Å². The first-order chi connectivity index (χ1) is 17.8. The standard InChI is InChI=1S/C24H22F3N7O3/c1-35-21-15(11-30-22(31-21)36-2)16-9-17(20-28-7-8-34(20)32-16)33-12-18(23(13-33)5-6-23)37-19-4-3-14(10-29-19)24(25,26)27/h3-4,7-11,18H,5-6,12-13H2,1-2H3. The Morgan fingerprint density at radius 2 is 1.89 bits per heavy atom. The first-order valence-electron chi connectivity index (χ1n) is 11.5. The van der Waals surface area contributed by atoms with Crippen molar-refractivity contribution >= 4 is 11.3 Å². The SMILES string of the molecule is COc1ncc(-c2cc(N3CC(Oc4ccc(C(F)(F)F)cn4)C4(CC4)C3)c3nccn3n2)c(OC)n1. The number of methoxy groups -OCH3 is 2. The van der Waals surface area contributed by atoms with Crippen LogP contribution in [0.5, 0.6) is 17.8 Å². The van der Waals surface area contributed by atoms with Gasteiger partial charge in [0, 0.05) is 42.8 Å². The molecule has 1 atom stereocenters. The molecule has 0 aromatic carbocycles. The molecule has 1 aliphatic carbocycles. The molecule has 5 heterocycles. The molecule has 0 amide bonds. The molecule has 2 aliphatic rings. The predicted octanol–water partition coefficient (Wildman–Crippen LogP) is 3.67. The van der Waals surface area contributed by atoms with E-state index in [1.165, 1.54) is 20.3 Å². The molecule has 1 saturated carbocycles. The van der Waals surface area contributed by atoms with Crippen molar-refractivity contribution < 1.29 is 27.4 Å². The number of fused-ring (bicyclic) bond motifs is 1. The lowest BCUT2D eigenvalue weighted by Crippen LogP contribution is -2.28. The highest BCUT2D eigenvalue weighted by Crippen LogP contribution is 2.55. The number of imidazole rings is 1. The maximum Gasteiger partial charge on any atom is 0.417 e. The summed E-state index contributed by atoms with van der Waals surface area (Å²) in [4.78, 5) is 19.0. The number of pyridine rings is 1. The van der Waals surface area contributed by atoms with Gasteiger partial charge in [-0.2, -0.15) is 23.3 Å². The van der Waals surface area contributed by atoms with Gasteiger partial charge in [0.25, 0.3) is 0 Å². The number of anilines is 1. The third kappa shape index (κ3) is 4.13. The summed E-state index contributed by atoms with van der Waals surface area (Å²) < 4.78 is 57.1. The van der Waals surface area contributed by atoms with Crippen LogP contribution in [0.4, 0.5) is 18.9 Å². The molecular weight excluding hydrogens is 491 g/mol. The second-order valence-corrected chi connectivity index (χ2v) is 9.12. The predicted molar refractivity (Wildman–Crippen MR) is 125 cm³/mol. The van der Waals surface area contributed by atoms with Crippen LogP contribution in [0.25, 0.3) is 16.9 Å². The molecule has 1 saturated heterocycles. The second-order valence-electron chi connectivity index (χ2n) is 9.12. The number of aromatic nitrogens is 6. The highest BCUT2D eigenvalue weighted by Gasteiger charge is 2.57. The Bertz CT molecular complexity index is 1450. The monoisotopic (exact) mass is 513 g/mol. The topological polar surface area (TPSA) is 99.8 Å². The minimum atomic E-state index is -4.44. The van der Waals surface area contributed by atoms with Gasteiger partial charge in [0.15, 0.2) is 5.65 Å². The van der Waals surface area contributed by atoms with Crippen molar-refractivity contribution in [1.82, 2.24) is 29.5 Å². The van der Waals surface area contributed by atoms with E-state index in [1.807, 2.05) is 6.07 Å². The van der Waals surface area contributed by atoms with Crippen LogP contribution in [-0.4, -0.2) is 63.0 Å². The van der Waals surface area contributed by atoms with Gasteiger partial charge in [-0.1, -0.05) is 0 Å². The van der Waals surface area contributed by atoms with Crippen LogP contribution in [0.15, 0.2) is 43.0 Å². The Hall–Kier alpha value is -4.16. The van der Waals surface area contributed by atoms with Crippen molar-refractivity contribution in [3.05, 3.63) is 48.5 Å². The van der Waals surface area contributed by atoms with Crippen LogP contribution in [-0.2, 0) is 6.18 Å². The van der Waals surface area contributed by atoms with E-state index < -0.39 is 11.7 Å². The van der Waals surface area contributed by atoms with Crippen LogP contribution in [0.1, 0.15) is 18.4 Å². The van der Waals surface area contributed by atoms with Crippen molar-refractivity contribution in [2.24, 2.45) is 5.41 Å². The Kier molecular flexibility index (Phi) is 5.31. The lowest BCUT2D eigenvalue weighted by molar-refractivity contribution is -0.137. The fourth-order valence-electron chi connectivity index (χ4n) is 4.74. The summed E-state index contributed by atoms with van der Waals surface area (Å²) in [5, 5.41) is 4.66. The van der Waals surface area contributed by atoms with Gasteiger partial charge in [0.1, 0.15) is 11.8 Å². The van der Waals surface area contributed by atoms with E-state index in [0.717, 1.165) is 30.8 Å². The zero-order valence-electron chi connectivity index (χ0n) is 19.9. The summed E-state index contributed by atoms with van der Waals surface area (Å²) in [7, 11) is 2.98. The van der Waals surface area contributed by atoms with Crippen molar-refractivity contribution in [3.63, 3.8) is 0 Å². The van der Waals surface area contributed by atoms with E-state index >= 15 is 0 Å². The summed E-state index contributed by atoms with van der Waals surface area (Å²) >= 11 is 0. The summed E-state index contributed by atoms with van der Waals surface area (Å²) in [6, 6.07) is 4.35. The summed E-state index contributed by atoms with van der Waals surface area (Å²) in [6.07, 6.45) is 3.04. The number of hydrogen-bond donors (Lipinski definition) is 0. The second kappa shape index (κ2) is 8.46. The molecule has 0 radical (unpaired) electrons. The number of ether oxygens (including phenoxy) is 3. The number of alkyl halides is 3. The van der Waals surface area contributed by atoms with Crippen molar-refractivity contribution in [3.8, 4) is 29.0 Å². The zero-order valence-corrected chi connectivity index (χ0v) is 19.9. The van der Waals surface area contributed by atoms with E-state index in [1.54, 1.807) is 23.1 Å². The van der Waals surface area contributed by atoms with E-state index in [2.05, 4.69) is 29.9 Å². The number of halogens is 3. The Morgan fingerprint density at radius 1 is 1.05 bits per heavy atom. The molecule has 192 valence electrons. The fourth-order valence-corrected chi connectivity index (χ4v) is 4.74. The first kappa shape index (κ1) is 23.3. The zero-order chi connectivity index (χ0) is 25.8. The van der Waals surface area contributed by atoms with E-state index in [9.17, 15) is 13.2 Å². The van der Waals surface area contributed by atoms with Gasteiger partial charge in [-0.25, -0.2) is 19.5 Å². The highest BCUT2D eigenvalue weighted by atomic mass is 19.4. The third-order valence-electron chi connectivity index (χ3n) is 6.86. The molecule has 1 aliphatic heterocycles. The van der Waals surface area contributed by atoms with Gasteiger partial charge in [0.2, 0.25) is 11.8 Å². The molecule has 37 heavy (non-hydrogen) atoms. The Balaban J connectivity index is 1.32. The molecule has 0 N–H and O–H groups in total. The summed E-state index contributed by atoms with van der Waals surface area (Å²) in [6.45, 7) is 1.23. The van der Waals surface area contributed by atoms with Crippen LogP contribution in [0.2, 0.25) is 0 Å². The minimum absolute atomic E-state index is 0.0989. The Morgan fingerprint density at radius 3 is 2.57 bits per heavy atom. The maximum atomic E-state index is 12.9. The number of hydrogen-bond acceptors (Lipinski definition) is 9. The van der Waals surface area contributed by atoms with Gasteiger partial charge in [-0.05, 0) is 25.0 Å². The van der Waals surface area contributed by atoms with E-state index in [0.29, 0.717) is 35.9 Å². The molecular formula is C24H22F3N7O3. The van der Waals surface area contributed by atoms with Gasteiger partial charge in [-0.15, -0.1) is 0 Å². The highest BCUT2D eigenvalue weighted by molar-refractivity contribution is 5.76. The Labute approximate surface area is 209 Å². The molecule has 0 bridgehead atoms. The van der Waals surface area contributed by atoms with E-state index in [-0.39, 0.29) is 23.4 Å². The number of nitrogens with zero attached hydrogens (tertiary/aromatic N) is 7. The number of rotatable bonds is 6. The van der Waals surface area contributed by atoms with Crippen LogP contribution in [0, 0.1) is 5.41 Å². The molecule has 6 rings (SSSR count). The van der Waals surface area contributed by atoms with Gasteiger partial charge in [-0.3, -0.25) is 0 Å². The molecule has 10 nitrogen and oxygen atoms in total. The lowest BCUT2D eigenvalue weighted by atomic mass is 10.0. The smallest absolute Gasteiger partial charge is 0.417 e. The van der Waals surface area contributed by atoms with Crippen molar-refractivity contribution in [2.45, 2.75) is 25.1 Å². The molecule has 2 fully saturated rings. The lowest BCUT2D eigenvalue weighted by Gasteiger charge is -2.20. The summed E-state index contributed by atoms with van der Waals surface area (Å²) in [5.74, 6) is 0.493. The van der Waals surface area contributed by atoms with E-state index in [4.69, 9.17) is 14.2 Å². The fraction of sp³-hybridized carbons (Fsp3) is 0.375. The normalized spacial score (nSPS) is 18.4. The first-order valence-corrected chi connectivity index (χ1v) is 11.5. The molecule has 13 heteroatoms. The summed E-state index contributed by atoms with van der Waals surface area (Å²) in [5.41, 5.74) is 1.77. The molecule has 1 spiro atoms. The third-order valence-corrected chi connectivity index (χ3v) is 6.86. The van der Waals surface area contributed by atoms with Crippen molar-refractivity contribution in [1.29, 1.82) is 0 Å². The minimum Gasteiger partial charge on any atom is -0.480 e. The van der Waals surface area contributed by atoms with Gasteiger partial charge >= 0.3 is 12.2 Å². The van der Waals surface area contributed by atoms with Gasteiger partial charge < -0.3 is 19.1 Å². The maximum absolute atomic E-state index is 12.9. The molecule has 4 aromatic heterocycles. The largest absolute Gasteiger partial charge is 0.480 e. The quantitative estimate of drug-likeness (QED) is 0.382. The average molecular weight is 513 g/mol. The van der Waals surface area contributed by atoms with Gasteiger partial charge in [0.05, 0.1) is 37.6 Å². The van der Waals surface area contributed by atoms with Crippen LogP contribution < -0.4 is 19.1 Å². The molecule has 1 unspecified atom stereocenters. The van der Waals surface area contributed by atoms with Crippen LogP contribution in [0.3, 0.4) is 0 Å². The van der Waals surface area contributed by atoms with Crippen LogP contribution >= 0.6 is 0 Å². The average Bonchev–Trinajstić information content (AvgIpc) is 3.36.